The maximum absolute atomic E-state index is 12.8. The van der Waals surface area contributed by atoms with Crippen molar-refractivity contribution in [1.29, 1.82) is 0 Å². The van der Waals surface area contributed by atoms with E-state index in [2.05, 4.69) is 10.3 Å². The molecule has 0 saturated heterocycles. The molecule has 0 spiro atoms. The molecule has 0 saturated carbocycles. The van der Waals surface area contributed by atoms with E-state index >= 15 is 0 Å². The van der Waals surface area contributed by atoms with E-state index in [4.69, 9.17) is 9.52 Å². The molecule has 1 atom stereocenters. The van der Waals surface area contributed by atoms with Crippen molar-refractivity contribution < 1.29 is 18.7 Å². The standard InChI is InChI=1S/C12H11FN2O3/c1-7(8-2-4-9(13)5-3-8)14-12-15-10(6-18-12)11(16)17/h2-7H,1H3,(H,14,15)(H,16,17). The van der Waals surface area contributed by atoms with Crippen LogP contribution in [0.25, 0.3) is 0 Å². The molecule has 2 aromatic rings. The van der Waals surface area contributed by atoms with Crippen LogP contribution in [0.4, 0.5) is 10.4 Å². The van der Waals surface area contributed by atoms with E-state index in [0.29, 0.717) is 0 Å². The zero-order chi connectivity index (χ0) is 13.1. The number of carboxylic acids is 1. The van der Waals surface area contributed by atoms with Crippen molar-refractivity contribution >= 4 is 12.0 Å². The van der Waals surface area contributed by atoms with E-state index in [-0.39, 0.29) is 23.6 Å². The van der Waals surface area contributed by atoms with Gasteiger partial charge in [-0.2, -0.15) is 4.98 Å². The van der Waals surface area contributed by atoms with Crippen LogP contribution >= 0.6 is 0 Å². The zero-order valence-corrected chi connectivity index (χ0v) is 9.55. The zero-order valence-electron chi connectivity index (χ0n) is 9.55. The van der Waals surface area contributed by atoms with Crippen LogP contribution in [0.5, 0.6) is 0 Å². The van der Waals surface area contributed by atoms with Gasteiger partial charge in [0.15, 0.2) is 5.69 Å². The normalized spacial score (nSPS) is 12.1. The van der Waals surface area contributed by atoms with E-state index in [1.807, 2.05) is 6.92 Å². The van der Waals surface area contributed by atoms with Gasteiger partial charge in [0.2, 0.25) is 0 Å². The SMILES string of the molecule is CC(Nc1nc(C(=O)O)co1)c1ccc(F)cc1. The number of carboxylic acid groups (broad SMARTS) is 1. The molecule has 0 amide bonds. The average Bonchev–Trinajstić information content (AvgIpc) is 2.78. The van der Waals surface area contributed by atoms with Gasteiger partial charge in [-0.25, -0.2) is 9.18 Å². The lowest BCUT2D eigenvalue weighted by atomic mass is 10.1. The number of carbonyl (C=O) groups is 1. The van der Waals surface area contributed by atoms with Crippen LogP contribution in [0.1, 0.15) is 29.0 Å². The third kappa shape index (κ3) is 2.65. The molecule has 1 aromatic carbocycles. The first-order valence-electron chi connectivity index (χ1n) is 5.27. The van der Waals surface area contributed by atoms with Gasteiger partial charge < -0.3 is 14.8 Å². The summed E-state index contributed by atoms with van der Waals surface area (Å²) in [4.78, 5) is 14.4. The van der Waals surface area contributed by atoms with E-state index in [1.54, 1.807) is 12.1 Å². The Morgan fingerprint density at radius 3 is 2.67 bits per heavy atom. The number of nitrogens with one attached hydrogen (secondary N) is 1. The maximum Gasteiger partial charge on any atom is 0.357 e. The van der Waals surface area contributed by atoms with Crippen LogP contribution in [0.2, 0.25) is 0 Å². The van der Waals surface area contributed by atoms with Crippen LogP contribution in [0, 0.1) is 5.82 Å². The summed E-state index contributed by atoms with van der Waals surface area (Å²) in [5.74, 6) is -1.46. The summed E-state index contributed by atoms with van der Waals surface area (Å²) >= 11 is 0. The Morgan fingerprint density at radius 1 is 1.44 bits per heavy atom. The molecule has 6 heteroatoms. The fraction of sp³-hybridized carbons (Fsp3) is 0.167. The molecule has 1 aromatic heterocycles. The summed E-state index contributed by atoms with van der Waals surface area (Å²) in [7, 11) is 0. The molecular weight excluding hydrogens is 239 g/mol. The molecule has 2 N–H and O–H groups in total. The molecule has 0 fully saturated rings. The molecule has 2 rings (SSSR count). The van der Waals surface area contributed by atoms with Crippen molar-refractivity contribution in [2.75, 3.05) is 5.32 Å². The monoisotopic (exact) mass is 250 g/mol. The number of oxazole rings is 1. The second-order valence-corrected chi connectivity index (χ2v) is 3.76. The van der Waals surface area contributed by atoms with E-state index < -0.39 is 5.97 Å². The number of benzene rings is 1. The van der Waals surface area contributed by atoms with Crippen molar-refractivity contribution in [3.8, 4) is 0 Å². The molecule has 1 unspecified atom stereocenters. The van der Waals surface area contributed by atoms with Gasteiger partial charge in [0.1, 0.15) is 12.1 Å². The molecule has 0 aliphatic rings. The van der Waals surface area contributed by atoms with Crippen LogP contribution in [-0.4, -0.2) is 16.1 Å². The summed E-state index contributed by atoms with van der Waals surface area (Å²) in [5.41, 5.74) is 0.676. The Hall–Kier alpha value is -2.37. The summed E-state index contributed by atoms with van der Waals surface area (Å²) in [6, 6.07) is 5.91. The van der Waals surface area contributed by atoms with Crippen molar-refractivity contribution in [1.82, 2.24) is 4.98 Å². The quantitative estimate of drug-likeness (QED) is 0.872. The minimum absolute atomic E-state index is 0.115. The highest BCUT2D eigenvalue weighted by molar-refractivity contribution is 5.85. The molecule has 0 radical (unpaired) electrons. The number of rotatable bonds is 4. The molecule has 0 aliphatic heterocycles. The number of hydrogen-bond acceptors (Lipinski definition) is 4. The second kappa shape index (κ2) is 4.87. The highest BCUT2D eigenvalue weighted by Crippen LogP contribution is 2.19. The predicted molar refractivity (Wildman–Crippen MR) is 61.9 cm³/mol. The van der Waals surface area contributed by atoms with Gasteiger partial charge in [-0.15, -0.1) is 0 Å². The largest absolute Gasteiger partial charge is 0.476 e. The van der Waals surface area contributed by atoms with Crippen molar-refractivity contribution in [2.24, 2.45) is 0 Å². The Bertz CT molecular complexity index is 551. The predicted octanol–water partition coefficient (Wildman–Crippen LogP) is 2.69. The first-order valence-corrected chi connectivity index (χ1v) is 5.27. The van der Waals surface area contributed by atoms with Crippen LogP contribution in [-0.2, 0) is 0 Å². The highest BCUT2D eigenvalue weighted by Gasteiger charge is 2.13. The van der Waals surface area contributed by atoms with E-state index in [9.17, 15) is 9.18 Å². The van der Waals surface area contributed by atoms with Crippen molar-refractivity contribution in [3.05, 3.63) is 47.6 Å². The van der Waals surface area contributed by atoms with Crippen LogP contribution in [0.15, 0.2) is 34.9 Å². The smallest absolute Gasteiger partial charge is 0.357 e. The van der Waals surface area contributed by atoms with Gasteiger partial charge >= 0.3 is 5.97 Å². The Kier molecular flexibility index (Phi) is 3.27. The van der Waals surface area contributed by atoms with E-state index in [1.165, 1.54) is 12.1 Å². The average molecular weight is 250 g/mol. The Morgan fingerprint density at radius 2 is 2.11 bits per heavy atom. The first kappa shape index (κ1) is 12.1. The molecule has 0 bridgehead atoms. The molecule has 0 aliphatic carbocycles. The summed E-state index contributed by atoms with van der Waals surface area (Å²) in [5, 5.41) is 11.6. The van der Waals surface area contributed by atoms with Crippen LogP contribution in [0.3, 0.4) is 0 Å². The van der Waals surface area contributed by atoms with Gasteiger partial charge in [0.25, 0.3) is 6.01 Å². The van der Waals surface area contributed by atoms with Gasteiger partial charge in [-0.3, -0.25) is 0 Å². The minimum atomic E-state index is -1.15. The lowest BCUT2D eigenvalue weighted by molar-refractivity contribution is 0.0690. The molecule has 94 valence electrons. The number of anilines is 1. The first-order chi connectivity index (χ1) is 8.56. The van der Waals surface area contributed by atoms with Gasteiger partial charge in [-0.1, -0.05) is 12.1 Å². The third-order valence-corrected chi connectivity index (χ3v) is 2.43. The molecule has 1 heterocycles. The molecular formula is C12H11FN2O3. The number of hydrogen-bond donors (Lipinski definition) is 2. The lowest BCUT2D eigenvalue weighted by Gasteiger charge is -2.12. The number of nitrogens with zero attached hydrogens (tertiary/aromatic N) is 1. The summed E-state index contributed by atoms with van der Waals surface area (Å²) < 4.78 is 17.7. The molecule has 5 nitrogen and oxygen atoms in total. The van der Waals surface area contributed by atoms with Gasteiger partial charge in [-0.05, 0) is 24.6 Å². The van der Waals surface area contributed by atoms with Gasteiger partial charge in [0.05, 0.1) is 6.04 Å². The van der Waals surface area contributed by atoms with E-state index in [0.717, 1.165) is 11.8 Å². The summed E-state index contributed by atoms with van der Waals surface area (Å²) in [6.07, 6.45) is 1.06. The fourth-order valence-corrected chi connectivity index (χ4v) is 1.46. The highest BCUT2D eigenvalue weighted by atomic mass is 19.1. The van der Waals surface area contributed by atoms with Crippen LogP contribution < -0.4 is 5.32 Å². The third-order valence-electron chi connectivity index (χ3n) is 2.43. The Labute approximate surface area is 102 Å². The van der Waals surface area contributed by atoms with Crippen molar-refractivity contribution in [3.63, 3.8) is 0 Å². The second-order valence-electron chi connectivity index (χ2n) is 3.76. The maximum atomic E-state index is 12.8. The van der Waals surface area contributed by atoms with Crippen molar-refractivity contribution in [2.45, 2.75) is 13.0 Å². The summed E-state index contributed by atoms with van der Waals surface area (Å²) in [6.45, 7) is 1.83. The topological polar surface area (TPSA) is 75.4 Å². The molecule has 18 heavy (non-hydrogen) atoms. The minimum Gasteiger partial charge on any atom is -0.476 e. The number of halogens is 1. The lowest BCUT2D eigenvalue weighted by Crippen LogP contribution is -2.07. The number of aromatic nitrogens is 1. The van der Waals surface area contributed by atoms with Gasteiger partial charge in [0, 0.05) is 0 Å². The number of aromatic carboxylic acids is 1. The Balaban J connectivity index is 2.08. The fourth-order valence-electron chi connectivity index (χ4n) is 1.46.